The van der Waals surface area contributed by atoms with Gasteiger partial charge in [-0.05, 0) is 25.8 Å². The monoisotopic (exact) mass is 278 g/mol. The number of carbonyl (C=O) groups excluding carboxylic acids is 1. The highest BCUT2D eigenvalue weighted by Crippen LogP contribution is 2.30. The van der Waals surface area contributed by atoms with Gasteiger partial charge in [-0.15, -0.1) is 0 Å². The SMILES string of the molecule is CC(C1CCCO1)N1C(=O)CNC1c1ccccc1F. The molecule has 1 amide bonds. The number of hydrogen-bond acceptors (Lipinski definition) is 3. The van der Waals surface area contributed by atoms with Crippen LogP contribution in [0.3, 0.4) is 0 Å². The van der Waals surface area contributed by atoms with E-state index in [1.165, 1.54) is 6.07 Å². The van der Waals surface area contributed by atoms with Crippen LogP contribution >= 0.6 is 0 Å². The van der Waals surface area contributed by atoms with Crippen molar-refractivity contribution in [3.63, 3.8) is 0 Å². The molecular formula is C15H19FN2O2. The Morgan fingerprint density at radius 2 is 2.25 bits per heavy atom. The van der Waals surface area contributed by atoms with Crippen LogP contribution in [0.25, 0.3) is 0 Å². The number of nitrogens with one attached hydrogen (secondary N) is 1. The maximum absolute atomic E-state index is 14.0. The Balaban J connectivity index is 1.86. The second-order valence-corrected chi connectivity index (χ2v) is 5.40. The quantitative estimate of drug-likeness (QED) is 0.917. The van der Waals surface area contributed by atoms with Gasteiger partial charge in [0, 0.05) is 12.2 Å². The van der Waals surface area contributed by atoms with Crippen molar-refractivity contribution in [2.24, 2.45) is 0 Å². The van der Waals surface area contributed by atoms with Gasteiger partial charge < -0.3 is 9.64 Å². The third kappa shape index (κ3) is 2.31. The van der Waals surface area contributed by atoms with Crippen LogP contribution in [0.4, 0.5) is 4.39 Å². The summed E-state index contributed by atoms with van der Waals surface area (Å²) < 4.78 is 19.6. The highest BCUT2D eigenvalue weighted by Gasteiger charge is 2.40. The van der Waals surface area contributed by atoms with Gasteiger partial charge in [-0.3, -0.25) is 10.1 Å². The first-order valence-electron chi connectivity index (χ1n) is 7.09. The summed E-state index contributed by atoms with van der Waals surface area (Å²) in [7, 11) is 0. The lowest BCUT2D eigenvalue weighted by molar-refractivity contribution is -0.132. The van der Waals surface area contributed by atoms with Crippen LogP contribution in [0, 0.1) is 5.82 Å². The summed E-state index contributed by atoms with van der Waals surface area (Å²) in [5.41, 5.74) is 0.517. The van der Waals surface area contributed by atoms with Gasteiger partial charge in [0.1, 0.15) is 12.0 Å². The van der Waals surface area contributed by atoms with E-state index < -0.39 is 6.17 Å². The number of halogens is 1. The molecule has 1 aromatic rings. The summed E-state index contributed by atoms with van der Waals surface area (Å²) in [5, 5.41) is 3.10. The minimum absolute atomic E-state index is 0.00116. The normalized spacial score (nSPS) is 28.1. The maximum Gasteiger partial charge on any atom is 0.238 e. The molecule has 4 nitrogen and oxygen atoms in total. The lowest BCUT2D eigenvalue weighted by atomic mass is 10.1. The zero-order valence-electron chi connectivity index (χ0n) is 11.5. The summed E-state index contributed by atoms with van der Waals surface area (Å²) in [4.78, 5) is 13.9. The molecule has 0 aromatic heterocycles. The molecule has 3 rings (SSSR count). The summed E-state index contributed by atoms with van der Waals surface area (Å²) in [6.07, 6.45) is 1.63. The largest absolute Gasteiger partial charge is 0.376 e. The summed E-state index contributed by atoms with van der Waals surface area (Å²) in [6, 6.07) is 6.54. The number of benzene rings is 1. The van der Waals surface area contributed by atoms with Gasteiger partial charge in [-0.2, -0.15) is 0 Å². The van der Waals surface area contributed by atoms with Crippen molar-refractivity contribution in [2.45, 2.75) is 38.1 Å². The number of carbonyl (C=O) groups is 1. The molecule has 1 aromatic carbocycles. The van der Waals surface area contributed by atoms with Gasteiger partial charge in [-0.25, -0.2) is 4.39 Å². The van der Waals surface area contributed by atoms with Gasteiger partial charge >= 0.3 is 0 Å². The molecule has 0 aliphatic carbocycles. The first-order valence-corrected chi connectivity index (χ1v) is 7.09. The molecular weight excluding hydrogens is 259 g/mol. The molecule has 0 radical (unpaired) electrons. The van der Waals surface area contributed by atoms with E-state index >= 15 is 0 Å². The fraction of sp³-hybridized carbons (Fsp3) is 0.533. The van der Waals surface area contributed by atoms with Crippen LogP contribution in [0.2, 0.25) is 0 Å². The fourth-order valence-corrected chi connectivity index (χ4v) is 3.10. The van der Waals surface area contributed by atoms with Gasteiger partial charge in [0.2, 0.25) is 5.91 Å². The lowest BCUT2D eigenvalue weighted by Gasteiger charge is -2.33. The predicted molar refractivity (Wildman–Crippen MR) is 72.4 cm³/mol. The molecule has 2 saturated heterocycles. The van der Waals surface area contributed by atoms with Crippen molar-refractivity contribution in [3.05, 3.63) is 35.6 Å². The number of ether oxygens (including phenoxy) is 1. The molecule has 20 heavy (non-hydrogen) atoms. The van der Waals surface area contributed by atoms with Gasteiger partial charge in [-0.1, -0.05) is 18.2 Å². The fourth-order valence-electron chi connectivity index (χ4n) is 3.10. The Morgan fingerprint density at radius 3 is 2.95 bits per heavy atom. The van der Waals surface area contributed by atoms with Crippen molar-refractivity contribution in [3.8, 4) is 0 Å². The minimum Gasteiger partial charge on any atom is -0.376 e. The first kappa shape index (κ1) is 13.5. The van der Waals surface area contributed by atoms with E-state index in [4.69, 9.17) is 4.74 Å². The second-order valence-electron chi connectivity index (χ2n) is 5.40. The van der Waals surface area contributed by atoms with Crippen LogP contribution in [-0.4, -0.2) is 36.1 Å². The van der Waals surface area contributed by atoms with Crippen LogP contribution in [0.1, 0.15) is 31.5 Å². The Morgan fingerprint density at radius 1 is 1.45 bits per heavy atom. The third-order valence-corrected chi connectivity index (χ3v) is 4.15. The smallest absolute Gasteiger partial charge is 0.238 e. The van der Waals surface area contributed by atoms with Crippen LogP contribution in [0.15, 0.2) is 24.3 Å². The third-order valence-electron chi connectivity index (χ3n) is 4.15. The molecule has 0 spiro atoms. The molecule has 2 aliphatic heterocycles. The number of rotatable bonds is 3. The van der Waals surface area contributed by atoms with E-state index in [1.54, 1.807) is 23.1 Å². The molecule has 2 fully saturated rings. The van der Waals surface area contributed by atoms with Crippen LogP contribution in [-0.2, 0) is 9.53 Å². The molecule has 0 saturated carbocycles. The molecule has 3 atom stereocenters. The molecule has 2 heterocycles. The van der Waals surface area contributed by atoms with Crippen LogP contribution < -0.4 is 5.32 Å². The van der Waals surface area contributed by atoms with E-state index in [1.807, 2.05) is 6.92 Å². The predicted octanol–water partition coefficient (Wildman–Crippen LogP) is 1.82. The zero-order chi connectivity index (χ0) is 14.1. The van der Waals surface area contributed by atoms with E-state index in [9.17, 15) is 9.18 Å². The Kier molecular flexibility index (Phi) is 3.72. The average molecular weight is 278 g/mol. The molecule has 3 unspecified atom stereocenters. The second kappa shape index (κ2) is 5.50. The minimum atomic E-state index is -0.400. The summed E-state index contributed by atoms with van der Waals surface area (Å²) in [5.74, 6) is -0.287. The van der Waals surface area contributed by atoms with Gasteiger partial charge in [0.25, 0.3) is 0 Å². The van der Waals surface area contributed by atoms with E-state index in [0.29, 0.717) is 5.56 Å². The molecule has 2 aliphatic rings. The summed E-state index contributed by atoms with van der Waals surface area (Å²) >= 11 is 0. The number of amides is 1. The van der Waals surface area contributed by atoms with Crippen molar-refractivity contribution >= 4 is 5.91 Å². The van der Waals surface area contributed by atoms with Gasteiger partial charge in [0.15, 0.2) is 0 Å². The Bertz CT molecular complexity index is 502. The molecule has 1 N–H and O–H groups in total. The first-order chi connectivity index (χ1) is 9.68. The van der Waals surface area contributed by atoms with Gasteiger partial charge in [0.05, 0.1) is 18.7 Å². The van der Waals surface area contributed by atoms with E-state index in [0.717, 1.165) is 19.4 Å². The van der Waals surface area contributed by atoms with Crippen molar-refractivity contribution < 1.29 is 13.9 Å². The maximum atomic E-state index is 14.0. The van der Waals surface area contributed by atoms with Crippen molar-refractivity contribution in [2.75, 3.05) is 13.2 Å². The molecule has 0 bridgehead atoms. The topological polar surface area (TPSA) is 41.6 Å². The Labute approximate surface area is 117 Å². The number of hydrogen-bond donors (Lipinski definition) is 1. The van der Waals surface area contributed by atoms with Crippen molar-refractivity contribution in [1.82, 2.24) is 10.2 Å². The highest BCUT2D eigenvalue weighted by atomic mass is 19.1. The standard InChI is InChI=1S/C15H19FN2O2/c1-10(13-7-4-8-20-13)18-14(19)9-17-15(18)11-5-2-3-6-12(11)16/h2-3,5-6,10,13,15,17H,4,7-9H2,1H3. The number of nitrogens with zero attached hydrogens (tertiary/aromatic N) is 1. The molecule has 108 valence electrons. The molecule has 5 heteroatoms. The zero-order valence-corrected chi connectivity index (χ0v) is 11.5. The average Bonchev–Trinajstić information content (AvgIpc) is 3.08. The summed E-state index contributed by atoms with van der Waals surface area (Å²) in [6.45, 7) is 2.97. The Hall–Kier alpha value is -1.46. The lowest BCUT2D eigenvalue weighted by Crippen LogP contribution is -2.44. The van der Waals surface area contributed by atoms with E-state index in [-0.39, 0.29) is 30.4 Å². The van der Waals surface area contributed by atoms with Crippen molar-refractivity contribution in [1.29, 1.82) is 0 Å². The highest BCUT2D eigenvalue weighted by molar-refractivity contribution is 5.81. The van der Waals surface area contributed by atoms with Crippen LogP contribution in [0.5, 0.6) is 0 Å². The van der Waals surface area contributed by atoms with E-state index in [2.05, 4.69) is 5.32 Å².